The lowest BCUT2D eigenvalue weighted by Crippen LogP contribution is -2.24. The lowest BCUT2D eigenvalue weighted by Gasteiger charge is -2.17. The number of benzene rings is 1. The normalized spacial score (nSPS) is 10.7. The second-order valence-electron chi connectivity index (χ2n) is 5.08. The first-order chi connectivity index (χ1) is 12.0. The van der Waals surface area contributed by atoms with E-state index < -0.39 is 5.56 Å². The molecule has 0 radical (unpaired) electrons. The van der Waals surface area contributed by atoms with Gasteiger partial charge in [0.05, 0.1) is 29.1 Å². The molecule has 1 amide bonds. The van der Waals surface area contributed by atoms with Crippen LogP contribution in [0.2, 0.25) is 10.0 Å². The van der Waals surface area contributed by atoms with E-state index in [2.05, 4.69) is 10.1 Å². The van der Waals surface area contributed by atoms with Crippen LogP contribution in [-0.2, 0) is 11.3 Å². The van der Waals surface area contributed by atoms with Crippen molar-refractivity contribution in [2.24, 2.45) is 0 Å². The smallest absolute Gasteiger partial charge is 0.274 e. The van der Waals surface area contributed by atoms with Crippen molar-refractivity contribution in [2.75, 3.05) is 4.90 Å². The number of amides is 1. The highest BCUT2D eigenvalue weighted by Crippen LogP contribution is 2.28. The van der Waals surface area contributed by atoms with Crippen molar-refractivity contribution in [3.8, 4) is 0 Å². The molecule has 0 saturated carbocycles. The largest absolute Gasteiger partial charge is 0.287 e. The molecule has 25 heavy (non-hydrogen) atoms. The van der Waals surface area contributed by atoms with Crippen LogP contribution in [0, 0.1) is 0 Å². The Labute approximate surface area is 157 Å². The molecule has 1 aromatic carbocycles. The van der Waals surface area contributed by atoms with Gasteiger partial charge in [-0.1, -0.05) is 41.4 Å². The van der Waals surface area contributed by atoms with Crippen LogP contribution in [0.1, 0.15) is 12.6 Å². The fraction of sp³-hybridized carbons (Fsp3) is 0.125. The van der Waals surface area contributed by atoms with Gasteiger partial charge in [-0.3, -0.25) is 14.5 Å². The van der Waals surface area contributed by atoms with Gasteiger partial charge < -0.3 is 0 Å². The molecular weight excluding hydrogens is 383 g/mol. The number of carbonyl (C=O) groups is 1. The Bertz CT molecular complexity index is 972. The fourth-order valence-electron chi connectivity index (χ4n) is 2.19. The topological polar surface area (TPSA) is 68.1 Å². The Morgan fingerprint density at radius 2 is 2.00 bits per heavy atom. The Kier molecular flexibility index (Phi) is 5.17. The average Bonchev–Trinajstić information content (AvgIpc) is 3.04. The molecule has 0 atom stereocenters. The summed E-state index contributed by atoms with van der Waals surface area (Å²) in [7, 11) is 0. The van der Waals surface area contributed by atoms with Crippen molar-refractivity contribution >= 4 is 51.3 Å². The minimum Gasteiger partial charge on any atom is -0.274 e. The summed E-state index contributed by atoms with van der Waals surface area (Å²) in [6.45, 7) is 1.60. The van der Waals surface area contributed by atoms with Gasteiger partial charge in [-0.05, 0) is 12.1 Å². The number of rotatable bonds is 4. The number of hydrogen-bond acceptors (Lipinski definition) is 5. The van der Waals surface area contributed by atoms with Gasteiger partial charge in [-0.15, -0.1) is 11.3 Å². The summed E-state index contributed by atoms with van der Waals surface area (Å²) in [4.78, 5) is 30.1. The minimum atomic E-state index is -0.491. The first kappa shape index (κ1) is 17.6. The zero-order valence-electron chi connectivity index (χ0n) is 13.0. The average molecular weight is 395 g/mol. The van der Waals surface area contributed by atoms with Gasteiger partial charge in [0.1, 0.15) is 5.02 Å². The van der Waals surface area contributed by atoms with Gasteiger partial charge in [-0.2, -0.15) is 5.10 Å². The van der Waals surface area contributed by atoms with Crippen molar-refractivity contribution in [3.63, 3.8) is 0 Å². The first-order valence-corrected chi connectivity index (χ1v) is 8.82. The van der Waals surface area contributed by atoms with E-state index in [4.69, 9.17) is 23.2 Å². The van der Waals surface area contributed by atoms with Gasteiger partial charge in [0.2, 0.25) is 5.91 Å². The molecule has 3 rings (SSSR count). The predicted molar refractivity (Wildman–Crippen MR) is 99.0 cm³/mol. The predicted octanol–water partition coefficient (Wildman–Crippen LogP) is 3.74. The van der Waals surface area contributed by atoms with Crippen molar-refractivity contribution in [3.05, 3.63) is 68.0 Å². The second kappa shape index (κ2) is 7.35. The standard InChI is InChI=1S/C16H12Cl2N4O2S/c1-10(23)22(12-5-3-2-4-6-12)16-20-11(9-25-16)8-21-15(24)14(18)13(17)7-19-21/h2-7,9H,8H2,1H3. The Morgan fingerprint density at radius 1 is 1.28 bits per heavy atom. The number of anilines is 2. The van der Waals surface area contributed by atoms with Crippen LogP contribution in [0.25, 0.3) is 0 Å². The Morgan fingerprint density at radius 3 is 2.68 bits per heavy atom. The zero-order chi connectivity index (χ0) is 18.0. The molecule has 0 aliphatic heterocycles. The molecule has 6 nitrogen and oxygen atoms in total. The molecule has 0 bridgehead atoms. The quantitative estimate of drug-likeness (QED) is 0.675. The van der Waals surface area contributed by atoms with Gasteiger partial charge in [0, 0.05) is 12.3 Å². The molecule has 0 N–H and O–H groups in total. The first-order valence-electron chi connectivity index (χ1n) is 7.18. The summed E-state index contributed by atoms with van der Waals surface area (Å²) >= 11 is 12.9. The second-order valence-corrected chi connectivity index (χ2v) is 6.70. The third-order valence-corrected chi connectivity index (χ3v) is 4.94. The molecule has 3 aromatic rings. The number of thiazole rings is 1. The van der Waals surface area contributed by atoms with Crippen LogP contribution < -0.4 is 10.5 Å². The molecule has 128 valence electrons. The SMILES string of the molecule is CC(=O)N(c1ccccc1)c1nc(Cn2ncc(Cl)c(Cl)c2=O)cs1. The van der Waals surface area contributed by atoms with Gasteiger partial charge in [0.15, 0.2) is 5.13 Å². The summed E-state index contributed by atoms with van der Waals surface area (Å²) in [6, 6.07) is 9.22. The van der Waals surface area contributed by atoms with E-state index in [9.17, 15) is 9.59 Å². The van der Waals surface area contributed by atoms with Gasteiger partial charge in [-0.25, -0.2) is 9.67 Å². The highest BCUT2D eigenvalue weighted by Gasteiger charge is 2.18. The van der Waals surface area contributed by atoms with Crippen LogP contribution in [0.5, 0.6) is 0 Å². The van der Waals surface area contributed by atoms with E-state index in [1.807, 2.05) is 30.3 Å². The van der Waals surface area contributed by atoms with E-state index in [0.29, 0.717) is 10.8 Å². The third-order valence-electron chi connectivity index (χ3n) is 3.31. The van der Waals surface area contributed by atoms with Crippen molar-refractivity contribution in [1.29, 1.82) is 0 Å². The van der Waals surface area contributed by atoms with Gasteiger partial charge in [0.25, 0.3) is 5.56 Å². The van der Waals surface area contributed by atoms with Crippen molar-refractivity contribution in [1.82, 2.24) is 14.8 Å². The summed E-state index contributed by atoms with van der Waals surface area (Å²) < 4.78 is 1.17. The summed E-state index contributed by atoms with van der Waals surface area (Å²) in [6.07, 6.45) is 1.31. The third kappa shape index (κ3) is 3.73. The maximum absolute atomic E-state index is 12.1. The van der Waals surface area contributed by atoms with Crippen LogP contribution in [-0.4, -0.2) is 20.7 Å². The number of nitrogens with zero attached hydrogens (tertiary/aromatic N) is 4. The molecule has 0 unspecified atom stereocenters. The number of carbonyl (C=O) groups excluding carboxylic acids is 1. The molecular formula is C16H12Cl2N4O2S. The van der Waals surface area contributed by atoms with E-state index in [1.54, 1.807) is 5.38 Å². The number of hydrogen-bond donors (Lipinski definition) is 0. The van der Waals surface area contributed by atoms with E-state index >= 15 is 0 Å². The Hall–Kier alpha value is -2.22. The highest BCUT2D eigenvalue weighted by molar-refractivity contribution is 7.14. The van der Waals surface area contributed by atoms with Crippen LogP contribution in [0.3, 0.4) is 0 Å². The molecule has 0 spiro atoms. The Balaban J connectivity index is 1.91. The summed E-state index contributed by atoms with van der Waals surface area (Å²) in [5.74, 6) is -0.156. The molecule has 2 heterocycles. The zero-order valence-corrected chi connectivity index (χ0v) is 15.3. The maximum atomic E-state index is 12.1. The van der Waals surface area contributed by atoms with Crippen LogP contribution in [0.15, 0.2) is 46.7 Å². The molecule has 0 aliphatic carbocycles. The highest BCUT2D eigenvalue weighted by atomic mass is 35.5. The minimum absolute atomic E-state index is 0.0817. The molecule has 0 aliphatic rings. The number of aromatic nitrogens is 3. The van der Waals surface area contributed by atoms with Crippen LogP contribution in [0.4, 0.5) is 10.8 Å². The summed E-state index contributed by atoms with van der Waals surface area (Å²) in [5, 5.41) is 6.26. The van der Waals surface area contributed by atoms with E-state index in [1.165, 1.54) is 34.0 Å². The van der Waals surface area contributed by atoms with E-state index in [-0.39, 0.29) is 22.5 Å². The lowest BCUT2D eigenvalue weighted by atomic mass is 10.3. The number of halogens is 2. The maximum Gasteiger partial charge on any atom is 0.287 e. The van der Waals surface area contributed by atoms with Crippen molar-refractivity contribution in [2.45, 2.75) is 13.5 Å². The molecule has 9 heteroatoms. The van der Waals surface area contributed by atoms with E-state index in [0.717, 1.165) is 5.69 Å². The fourth-order valence-corrected chi connectivity index (χ4v) is 3.34. The monoisotopic (exact) mass is 394 g/mol. The molecule has 2 aromatic heterocycles. The summed E-state index contributed by atoms with van der Waals surface area (Å²) in [5.41, 5.74) is 0.825. The lowest BCUT2D eigenvalue weighted by molar-refractivity contribution is -0.115. The van der Waals surface area contributed by atoms with Crippen LogP contribution >= 0.6 is 34.5 Å². The molecule has 0 saturated heterocycles. The number of para-hydroxylation sites is 1. The van der Waals surface area contributed by atoms with Gasteiger partial charge >= 0.3 is 0 Å². The molecule has 0 fully saturated rings. The van der Waals surface area contributed by atoms with Crippen molar-refractivity contribution < 1.29 is 4.79 Å².